The zero-order chi connectivity index (χ0) is 13.5. The summed E-state index contributed by atoms with van der Waals surface area (Å²) in [6.45, 7) is 0.489. The van der Waals surface area contributed by atoms with E-state index in [1.165, 1.54) is 26.3 Å². The number of carbonyl (C=O) groups excluding carboxylic acids is 2. The lowest BCUT2D eigenvalue weighted by Gasteiger charge is -2.06. The molecule has 0 heterocycles. The highest BCUT2D eigenvalue weighted by Crippen LogP contribution is 2.11. The van der Waals surface area contributed by atoms with Crippen LogP contribution in [0, 0.1) is 5.82 Å². The van der Waals surface area contributed by atoms with Gasteiger partial charge in [0.1, 0.15) is 5.82 Å². The van der Waals surface area contributed by atoms with Gasteiger partial charge in [0.15, 0.2) is 0 Å². The predicted molar refractivity (Wildman–Crippen MR) is 63.5 cm³/mol. The van der Waals surface area contributed by atoms with E-state index in [0.717, 1.165) is 0 Å². The molecule has 0 spiro atoms. The van der Waals surface area contributed by atoms with Crippen molar-refractivity contribution >= 4 is 11.9 Å². The number of hydrogen-bond donors (Lipinski definition) is 2. The van der Waals surface area contributed by atoms with Gasteiger partial charge in [-0.2, -0.15) is 0 Å². The molecule has 0 saturated heterocycles. The van der Waals surface area contributed by atoms with Crippen molar-refractivity contribution < 1.29 is 18.7 Å². The first-order valence-electron chi connectivity index (χ1n) is 5.36. The number of esters is 1. The van der Waals surface area contributed by atoms with Crippen LogP contribution in [0.3, 0.4) is 0 Å². The summed E-state index contributed by atoms with van der Waals surface area (Å²) in [5.74, 6) is -1.50. The van der Waals surface area contributed by atoms with Gasteiger partial charge in [-0.15, -0.1) is 0 Å². The monoisotopic (exact) mass is 254 g/mol. The summed E-state index contributed by atoms with van der Waals surface area (Å²) in [6, 6.07) is 4.20. The molecule has 18 heavy (non-hydrogen) atoms. The fourth-order valence-electron chi connectivity index (χ4n) is 1.35. The second-order valence-corrected chi connectivity index (χ2v) is 3.58. The fourth-order valence-corrected chi connectivity index (χ4v) is 1.35. The van der Waals surface area contributed by atoms with Gasteiger partial charge < -0.3 is 15.4 Å². The summed E-state index contributed by atoms with van der Waals surface area (Å²) in [6.07, 6.45) is 0. The second-order valence-electron chi connectivity index (χ2n) is 3.58. The number of ether oxygens (including phenoxy) is 1. The number of rotatable bonds is 5. The number of halogens is 1. The van der Waals surface area contributed by atoms with Gasteiger partial charge in [-0.3, -0.25) is 4.79 Å². The van der Waals surface area contributed by atoms with Crippen molar-refractivity contribution in [3.8, 4) is 0 Å². The first-order valence-corrected chi connectivity index (χ1v) is 5.36. The lowest BCUT2D eigenvalue weighted by Crippen LogP contribution is -2.31. The van der Waals surface area contributed by atoms with E-state index in [4.69, 9.17) is 0 Å². The second kappa shape index (κ2) is 6.70. The minimum Gasteiger partial charge on any atom is -0.465 e. The van der Waals surface area contributed by atoms with E-state index >= 15 is 0 Å². The third-order valence-corrected chi connectivity index (χ3v) is 2.33. The number of nitrogens with one attached hydrogen (secondary N) is 2. The maximum Gasteiger partial charge on any atom is 0.340 e. The van der Waals surface area contributed by atoms with Crippen molar-refractivity contribution in [1.82, 2.24) is 10.6 Å². The molecule has 6 heteroatoms. The zero-order valence-electron chi connectivity index (χ0n) is 10.2. The number of methoxy groups -OCH3 is 1. The van der Waals surface area contributed by atoms with Gasteiger partial charge in [0.05, 0.1) is 19.2 Å². The van der Waals surface area contributed by atoms with E-state index in [-0.39, 0.29) is 18.0 Å². The van der Waals surface area contributed by atoms with Gasteiger partial charge in [0.25, 0.3) is 0 Å². The van der Waals surface area contributed by atoms with Gasteiger partial charge >= 0.3 is 5.97 Å². The summed E-state index contributed by atoms with van der Waals surface area (Å²) in [5.41, 5.74) is 0.539. The molecule has 0 aliphatic rings. The number of amides is 1. The molecule has 0 bridgehead atoms. The Morgan fingerprint density at radius 3 is 2.67 bits per heavy atom. The molecule has 1 aromatic carbocycles. The van der Waals surface area contributed by atoms with Crippen molar-refractivity contribution in [2.24, 2.45) is 0 Å². The largest absolute Gasteiger partial charge is 0.465 e. The maximum absolute atomic E-state index is 13.5. The summed E-state index contributed by atoms with van der Waals surface area (Å²) in [7, 11) is 2.73. The van der Waals surface area contributed by atoms with Gasteiger partial charge in [0.2, 0.25) is 5.91 Å². The SMILES string of the molecule is CNC(=O)CNCc1ccc(C(=O)OC)c(F)c1. The van der Waals surface area contributed by atoms with Gasteiger partial charge in [-0.05, 0) is 17.7 Å². The molecule has 0 aliphatic carbocycles. The molecule has 0 radical (unpaired) electrons. The van der Waals surface area contributed by atoms with Crippen LogP contribution in [0.15, 0.2) is 18.2 Å². The average molecular weight is 254 g/mol. The van der Waals surface area contributed by atoms with Crippen molar-refractivity contribution in [1.29, 1.82) is 0 Å². The maximum atomic E-state index is 13.5. The van der Waals surface area contributed by atoms with Crippen molar-refractivity contribution in [2.45, 2.75) is 6.54 Å². The Morgan fingerprint density at radius 1 is 1.39 bits per heavy atom. The molecule has 0 atom stereocenters. The molecular formula is C12H15FN2O3. The Bertz CT molecular complexity index is 449. The quantitative estimate of drug-likeness (QED) is 0.749. The summed E-state index contributed by atoms with van der Waals surface area (Å²) < 4.78 is 18.0. The van der Waals surface area contributed by atoms with Crippen LogP contribution >= 0.6 is 0 Å². The smallest absolute Gasteiger partial charge is 0.340 e. The van der Waals surface area contributed by atoms with Gasteiger partial charge in [-0.1, -0.05) is 6.07 Å². The van der Waals surface area contributed by atoms with Crippen LogP contribution in [0.4, 0.5) is 4.39 Å². The van der Waals surface area contributed by atoms with Crippen LogP contribution in [0.2, 0.25) is 0 Å². The normalized spacial score (nSPS) is 9.94. The number of benzene rings is 1. The molecule has 98 valence electrons. The Labute approximate surface area is 104 Å². The number of likely N-dealkylation sites (N-methyl/N-ethyl adjacent to an activating group) is 1. The van der Waals surface area contributed by atoms with Crippen LogP contribution in [-0.2, 0) is 16.1 Å². The van der Waals surface area contributed by atoms with E-state index in [9.17, 15) is 14.0 Å². The third kappa shape index (κ3) is 3.81. The Morgan fingerprint density at radius 2 is 2.11 bits per heavy atom. The molecule has 0 unspecified atom stereocenters. The lowest BCUT2D eigenvalue weighted by atomic mass is 10.1. The molecule has 0 saturated carbocycles. The van der Waals surface area contributed by atoms with Crippen LogP contribution in [-0.4, -0.2) is 32.6 Å². The van der Waals surface area contributed by atoms with E-state index < -0.39 is 11.8 Å². The minimum absolute atomic E-state index is 0.104. The van der Waals surface area contributed by atoms with Crippen LogP contribution in [0.5, 0.6) is 0 Å². The lowest BCUT2D eigenvalue weighted by molar-refractivity contribution is -0.119. The first kappa shape index (κ1) is 14.1. The van der Waals surface area contributed by atoms with Crippen molar-refractivity contribution in [2.75, 3.05) is 20.7 Å². The van der Waals surface area contributed by atoms with Crippen molar-refractivity contribution in [3.05, 3.63) is 35.1 Å². The summed E-state index contributed by atoms with van der Waals surface area (Å²) in [4.78, 5) is 22.1. The van der Waals surface area contributed by atoms with E-state index in [0.29, 0.717) is 12.1 Å². The molecular weight excluding hydrogens is 239 g/mol. The van der Waals surface area contributed by atoms with E-state index in [1.807, 2.05) is 0 Å². The Kier molecular flexibility index (Phi) is 5.26. The third-order valence-electron chi connectivity index (χ3n) is 2.33. The topological polar surface area (TPSA) is 67.4 Å². The Balaban J connectivity index is 2.62. The number of carbonyl (C=O) groups is 2. The molecule has 0 fully saturated rings. The highest BCUT2D eigenvalue weighted by Gasteiger charge is 2.12. The van der Waals surface area contributed by atoms with Gasteiger partial charge in [0, 0.05) is 13.6 Å². The highest BCUT2D eigenvalue weighted by atomic mass is 19.1. The van der Waals surface area contributed by atoms with Crippen LogP contribution in [0.1, 0.15) is 15.9 Å². The standard InChI is InChI=1S/C12H15FN2O3/c1-14-11(16)7-15-6-8-3-4-9(10(13)5-8)12(17)18-2/h3-5,15H,6-7H2,1-2H3,(H,14,16). The van der Waals surface area contributed by atoms with E-state index in [1.54, 1.807) is 6.07 Å². The molecule has 1 amide bonds. The minimum atomic E-state index is -0.711. The number of hydrogen-bond acceptors (Lipinski definition) is 4. The Hall–Kier alpha value is -1.95. The van der Waals surface area contributed by atoms with Gasteiger partial charge in [-0.25, -0.2) is 9.18 Å². The molecule has 0 aliphatic heterocycles. The zero-order valence-corrected chi connectivity index (χ0v) is 10.2. The first-order chi connectivity index (χ1) is 8.58. The molecule has 5 nitrogen and oxygen atoms in total. The van der Waals surface area contributed by atoms with Crippen LogP contribution in [0.25, 0.3) is 0 Å². The van der Waals surface area contributed by atoms with E-state index in [2.05, 4.69) is 15.4 Å². The van der Waals surface area contributed by atoms with Crippen LogP contribution < -0.4 is 10.6 Å². The highest BCUT2D eigenvalue weighted by molar-refractivity contribution is 5.89. The summed E-state index contributed by atoms with van der Waals surface area (Å²) >= 11 is 0. The summed E-state index contributed by atoms with van der Waals surface area (Å²) in [5, 5.41) is 5.30. The molecule has 2 N–H and O–H groups in total. The molecule has 0 aromatic heterocycles. The average Bonchev–Trinajstić information content (AvgIpc) is 2.37. The predicted octanol–water partition coefficient (Wildman–Crippen LogP) is 0.448. The molecule has 1 aromatic rings. The molecule has 1 rings (SSSR count). The fraction of sp³-hybridized carbons (Fsp3) is 0.333. The van der Waals surface area contributed by atoms with Crippen molar-refractivity contribution in [3.63, 3.8) is 0 Å².